The fraction of sp³-hybridized carbons (Fsp3) is 0.471. The number of rotatable bonds is 3. The number of benzene rings is 1. The molecule has 106 valence electrons. The third-order valence-electron chi connectivity index (χ3n) is 4.33. The second kappa shape index (κ2) is 5.31. The Morgan fingerprint density at radius 2 is 1.80 bits per heavy atom. The molecule has 0 amide bonds. The quantitative estimate of drug-likeness (QED) is 0.906. The highest BCUT2D eigenvalue weighted by atomic mass is 15.3. The lowest BCUT2D eigenvalue weighted by Crippen LogP contribution is -2.03. The molecule has 1 fully saturated rings. The monoisotopic (exact) mass is 269 g/mol. The van der Waals surface area contributed by atoms with E-state index in [0.29, 0.717) is 11.8 Å². The first-order valence-electron chi connectivity index (χ1n) is 7.61. The summed E-state index contributed by atoms with van der Waals surface area (Å²) in [5, 5.41) is 4.73. The van der Waals surface area contributed by atoms with Gasteiger partial charge in [0.15, 0.2) is 0 Å². The van der Waals surface area contributed by atoms with Gasteiger partial charge in [-0.25, -0.2) is 4.68 Å². The van der Waals surface area contributed by atoms with Crippen molar-refractivity contribution in [3.05, 3.63) is 41.6 Å². The summed E-state index contributed by atoms with van der Waals surface area (Å²) in [6.07, 6.45) is 5.15. The van der Waals surface area contributed by atoms with Crippen molar-refractivity contribution in [3.8, 4) is 5.69 Å². The van der Waals surface area contributed by atoms with Crippen molar-refractivity contribution in [2.75, 3.05) is 5.73 Å². The Hall–Kier alpha value is -1.77. The van der Waals surface area contributed by atoms with Gasteiger partial charge in [-0.05, 0) is 36.5 Å². The largest absolute Gasteiger partial charge is 0.384 e. The lowest BCUT2D eigenvalue weighted by Gasteiger charge is -2.08. The predicted molar refractivity (Wildman–Crippen MR) is 83.3 cm³/mol. The number of hydrogen-bond acceptors (Lipinski definition) is 2. The van der Waals surface area contributed by atoms with E-state index in [0.717, 1.165) is 17.2 Å². The van der Waals surface area contributed by atoms with Gasteiger partial charge >= 0.3 is 0 Å². The van der Waals surface area contributed by atoms with Crippen LogP contribution in [0.4, 0.5) is 5.82 Å². The van der Waals surface area contributed by atoms with Crippen LogP contribution in [0.5, 0.6) is 0 Å². The maximum absolute atomic E-state index is 6.14. The highest BCUT2D eigenvalue weighted by Gasteiger charge is 2.21. The fourth-order valence-corrected chi connectivity index (χ4v) is 3.04. The van der Waals surface area contributed by atoms with Crippen LogP contribution in [0.1, 0.15) is 62.6 Å². The molecule has 0 spiro atoms. The molecule has 3 nitrogen and oxygen atoms in total. The highest BCUT2D eigenvalue weighted by molar-refractivity contribution is 5.44. The Balaban J connectivity index is 1.89. The Bertz CT molecular complexity index is 575. The molecule has 0 radical (unpaired) electrons. The first-order valence-corrected chi connectivity index (χ1v) is 7.61. The molecule has 1 aliphatic rings. The van der Waals surface area contributed by atoms with Crippen molar-refractivity contribution in [2.24, 2.45) is 0 Å². The van der Waals surface area contributed by atoms with Gasteiger partial charge in [-0.3, -0.25) is 0 Å². The summed E-state index contributed by atoms with van der Waals surface area (Å²) in [5.74, 6) is 1.89. The minimum absolute atomic E-state index is 0.549. The zero-order valence-corrected chi connectivity index (χ0v) is 12.3. The maximum Gasteiger partial charge on any atom is 0.127 e. The molecule has 2 N–H and O–H groups in total. The van der Waals surface area contributed by atoms with Crippen LogP contribution in [-0.4, -0.2) is 9.78 Å². The van der Waals surface area contributed by atoms with E-state index >= 15 is 0 Å². The topological polar surface area (TPSA) is 43.8 Å². The lowest BCUT2D eigenvalue weighted by molar-refractivity contribution is 0.679. The van der Waals surface area contributed by atoms with Gasteiger partial charge in [-0.2, -0.15) is 5.10 Å². The average molecular weight is 269 g/mol. The predicted octanol–water partition coefficient (Wildman–Crippen LogP) is 4.24. The number of nitrogens with two attached hydrogens (primary N) is 1. The maximum atomic E-state index is 6.14. The second-order valence-corrected chi connectivity index (χ2v) is 6.13. The first-order chi connectivity index (χ1) is 9.65. The van der Waals surface area contributed by atoms with Crippen LogP contribution in [0.25, 0.3) is 5.69 Å². The molecule has 0 aliphatic heterocycles. The molecule has 0 saturated heterocycles. The van der Waals surface area contributed by atoms with E-state index in [1.54, 1.807) is 0 Å². The summed E-state index contributed by atoms with van der Waals surface area (Å²) in [6, 6.07) is 10.6. The van der Waals surface area contributed by atoms with Crippen LogP contribution in [0, 0.1) is 0 Å². The van der Waals surface area contributed by atoms with Crippen LogP contribution in [-0.2, 0) is 0 Å². The molecule has 2 aromatic rings. The number of anilines is 1. The van der Waals surface area contributed by atoms with Crippen molar-refractivity contribution in [3.63, 3.8) is 0 Å². The number of aromatic nitrogens is 2. The summed E-state index contributed by atoms with van der Waals surface area (Å²) in [7, 11) is 0. The summed E-state index contributed by atoms with van der Waals surface area (Å²) in [4.78, 5) is 0. The smallest absolute Gasteiger partial charge is 0.127 e. The lowest BCUT2D eigenvalue weighted by atomic mass is 10.0. The molecule has 3 heteroatoms. The Morgan fingerprint density at radius 1 is 1.15 bits per heavy atom. The molecule has 1 saturated carbocycles. The van der Waals surface area contributed by atoms with E-state index in [9.17, 15) is 0 Å². The van der Waals surface area contributed by atoms with Crippen LogP contribution in [0.2, 0.25) is 0 Å². The van der Waals surface area contributed by atoms with Crippen molar-refractivity contribution in [2.45, 2.75) is 51.4 Å². The average Bonchev–Trinajstić information content (AvgIpc) is 3.08. The molecule has 0 atom stereocenters. The molecular formula is C17H23N3. The summed E-state index contributed by atoms with van der Waals surface area (Å²) < 4.78 is 1.87. The molecule has 3 rings (SSSR count). The van der Waals surface area contributed by atoms with Gasteiger partial charge in [0.2, 0.25) is 0 Å². The van der Waals surface area contributed by atoms with Gasteiger partial charge in [-0.15, -0.1) is 0 Å². The highest BCUT2D eigenvalue weighted by Crippen LogP contribution is 2.34. The molecule has 1 aliphatic carbocycles. The van der Waals surface area contributed by atoms with E-state index < -0.39 is 0 Å². The van der Waals surface area contributed by atoms with Crippen molar-refractivity contribution >= 4 is 5.82 Å². The van der Waals surface area contributed by atoms with Crippen molar-refractivity contribution < 1.29 is 0 Å². The second-order valence-electron chi connectivity index (χ2n) is 6.13. The van der Waals surface area contributed by atoms with E-state index in [1.807, 2.05) is 10.7 Å². The molecular weight excluding hydrogens is 246 g/mol. The Kier molecular flexibility index (Phi) is 3.51. The van der Waals surface area contributed by atoms with Gasteiger partial charge < -0.3 is 5.73 Å². The van der Waals surface area contributed by atoms with Gasteiger partial charge in [0.25, 0.3) is 0 Å². The zero-order valence-electron chi connectivity index (χ0n) is 12.3. The van der Waals surface area contributed by atoms with Crippen molar-refractivity contribution in [1.82, 2.24) is 9.78 Å². The number of nitrogen functional groups attached to an aromatic ring is 1. The summed E-state index contributed by atoms with van der Waals surface area (Å²) in [5.41, 5.74) is 9.69. The Morgan fingerprint density at radius 3 is 2.40 bits per heavy atom. The van der Waals surface area contributed by atoms with E-state index in [1.165, 1.54) is 31.2 Å². The van der Waals surface area contributed by atoms with Gasteiger partial charge in [0, 0.05) is 12.0 Å². The summed E-state index contributed by atoms with van der Waals surface area (Å²) >= 11 is 0. The number of hydrogen-bond donors (Lipinski definition) is 1. The van der Waals surface area contributed by atoms with Crippen LogP contribution in [0.15, 0.2) is 30.3 Å². The normalized spacial score (nSPS) is 16.1. The van der Waals surface area contributed by atoms with Gasteiger partial charge in [0.05, 0.1) is 11.4 Å². The Labute approximate surface area is 120 Å². The molecule has 1 heterocycles. The first kappa shape index (κ1) is 13.2. The fourth-order valence-electron chi connectivity index (χ4n) is 3.04. The summed E-state index contributed by atoms with van der Waals surface area (Å²) in [6.45, 7) is 4.41. The third-order valence-corrected chi connectivity index (χ3v) is 4.33. The third kappa shape index (κ3) is 2.45. The van der Waals surface area contributed by atoms with E-state index in [-0.39, 0.29) is 0 Å². The molecule has 1 aromatic carbocycles. The molecule has 20 heavy (non-hydrogen) atoms. The molecule has 0 unspecified atom stereocenters. The SMILES string of the molecule is CC(C)c1ccc(-n2nc(C3CCCC3)cc2N)cc1. The molecule has 0 bridgehead atoms. The van der Waals surface area contributed by atoms with Gasteiger partial charge in [0.1, 0.15) is 5.82 Å². The van der Waals surface area contributed by atoms with Crippen molar-refractivity contribution in [1.29, 1.82) is 0 Å². The van der Waals surface area contributed by atoms with E-state index in [4.69, 9.17) is 10.8 Å². The number of nitrogens with zero attached hydrogens (tertiary/aromatic N) is 2. The van der Waals surface area contributed by atoms with Gasteiger partial charge in [-0.1, -0.05) is 38.8 Å². The molecule has 1 aromatic heterocycles. The standard InChI is InChI=1S/C17H23N3/c1-12(2)13-7-9-15(10-8-13)20-17(18)11-16(19-20)14-5-3-4-6-14/h7-12,14H,3-6,18H2,1-2H3. The minimum Gasteiger partial charge on any atom is -0.384 e. The minimum atomic E-state index is 0.549. The van der Waals surface area contributed by atoms with E-state index in [2.05, 4.69) is 38.1 Å². The van der Waals surface area contributed by atoms with Crippen LogP contribution >= 0.6 is 0 Å². The van der Waals surface area contributed by atoms with Crippen LogP contribution < -0.4 is 5.73 Å². The zero-order chi connectivity index (χ0) is 14.1. The van der Waals surface area contributed by atoms with Crippen LogP contribution in [0.3, 0.4) is 0 Å².